The molecule has 1 heterocycles. The van der Waals surface area contributed by atoms with Crippen LogP contribution in [-0.4, -0.2) is 11.3 Å². The molecular formula is C8H7F2IN2O. The average Bonchev–Trinajstić information content (AvgIpc) is 2.16. The number of halogens is 3. The first-order chi connectivity index (χ1) is 6.60. The van der Waals surface area contributed by atoms with E-state index in [4.69, 9.17) is 5.73 Å². The highest BCUT2D eigenvalue weighted by Gasteiger charge is 2.17. The fourth-order valence-corrected chi connectivity index (χ4v) is 1.75. The normalized spacial score (nSPS) is 10.6. The van der Waals surface area contributed by atoms with Crippen molar-refractivity contribution in [2.24, 2.45) is 5.73 Å². The van der Waals surface area contributed by atoms with Crippen molar-refractivity contribution in [3.05, 3.63) is 26.6 Å². The van der Waals surface area contributed by atoms with Crippen molar-refractivity contribution in [1.82, 2.24) is 4.98 Å². The zero-order chi connectivity index (χ0) is 10.7. The molecule has 1 aromatic rings. The Morgan fingerprint density at radius 2 is 2.29 bits per heavy atom. The molecule has 76 valence electrons. The van der Waals surface area contributed by atoms with Crippen LogP contribution >= 0.6 is 22.6 Å². The summed E-state index contributed by atoms with van der Waals surface area (Å²) in [5, 5.41) is 0. The van der Waals surface area contributed by atoms with Gasteiger partial charge in [-0.2, -0.15) is 0 Å². The first-order valence-corrected chi connectivity index (χ1v) is 4.80. The zero-order valence-corrected chi connectivity index (χ0v) is 9.16. The minimum atomic E-state index is -2.68. The molecule has 0 saturated carbocycles. The second kappa shape index (κ2) is 4.74. The van der Waals surface area contributed by atoms with Crippen molar-refractivity contribution in [1.29, 1.82) is 0 Å². The van der Waals surface area contributed by atoms with Gasteiger partial charge in [-0.1, -0.05) is 0 Å². The molecule has 14 heavy (non-hydrogen) atoms. The van der Waals surface area contributed by atoms with Crippen LogP contribution in [0.15, 0.2) is 6.07 Å². The number of aldehydes is 1. The van der Waals surface area contributed by atoms with E-state index in [1.807, 2.05) is 0 Å². The summed E-state index contributed by atoms with van der Waals surface area (Å²) < 4.78 is 25.2. The van der Waals surface area contributed by atoms with E-state index in [-0.39, 0.29) is 21.4 Å². The molecule has 0 amide bonds. The molecular weight excluding hydrogens is 305 g/mol. The summed E-state index contributed by atoms with van der Waals surface area (Å²) in [7, 11) is 0. The Kier molecular flexibility index (Phi) is 3.87. The maximum absolute atomic E-state index is 12.5. The summed E-state index contributed by atoms with van der Waals surface area (Å²) in [5.41, 5.74) is 5.27. The number of hydrogen-bond donors (Lipinski definition) is 1. The van der Waals surface area contributed by atoms with Gasteiger partial charge in [0, 0.05) is 12.1 Å². The molecule has 0 aliphatic heterocycles. The van der Waals surface area contributed by atoms with Crippen LogP contribution in [0.1, 0.15) is 28.0 Å². The summed E-state index contributed by atoms with van der Waals surface area (Å²) in [5.74, 6) is 0. The molecule has 0 saturated heterocycles. The number of nitrogens with zero attached hydrogens (tertiary/aromatic N) is 1. The number of nitrogens with two attached hydrogens (primary N) is 1. The molecule has 0 fully saturated rings. The maximum atomic E-state index is 12.5. The molecule has 1 rings (SSSR count). The smallest absolute Gasteiger partial charge is 0.264 e. The predicted molar refractivity (Wildman–Crippen MR) is 55.2 cm³/mol. The summed E-state index contributed by atoms with van der Waals surface area (Å²) in [6.07, 6.45) is -2.30. The molecule has 6 heteroatoms. The average molecular weight is 312 g/mol. The van der Waals surface area contributed by atoms with E-state index >= 15 is 0 Å². The molecule has 0 aliphatic carbocycles. The van der Waals surface area contributed by atoms with Gasteiger partial charge in [0.2, 0.25) is 0 Å². The van der Waals surface area contributed by atoms with Gasteiger partial charge in [-0.05, 0) is 28.7 Å². The van der Waals surface area contributed by atoms with Crippen molar-refractivity contribution >= 4 is 28.9 Å². The number of carbonyl (C=O) groups is 1. The molecule has 0 atom stereocenters. The van der Waals surface area contributed by atoms with E-state index in [1.165, 1.54) is 0 Å². The second-order valence-corrected chi connectivity index (χ2v) is 3.55. The van der Waals surface area contributed by atoms with E-state index in [0.717, 1.165) is 6.07 Å². The highest BCUT2D eigenvalue weighted by molar-refractivity contribution is 14.1. The van der Waals surface area contributed by atoms with Crippen molar-refractivity contribution in [3.63, 3.8) is 0 Å². The monoisotopic (exact) mass is 312 g/mol. The number of pyridine rings is 1. The lowest BCUT2D eigenvalue weighted by Gasteiger charge is -2.07. The first-order valence-electron chi connectivity index (χ1n) is 3.72. The lowest BCUT2D eigenvalue weighted by Crippen LogP contribution is -2.06. The van der Waals surface area contributed by atoms with Gasteiger partial charge < -0.3 is 5.73 Å². The molecule has 0 aromatic carbocycles. The van der Waals surface area contributed by atoms with Crippen LogP contribution in [0.5, 0.6) is 0 Å². The number of hydrogen-bond acceptors (Lipinski definition) is 3. The van der Waals surface area contributed by atoms with Crippen LogP contribution in [0.4, 0.5) is 8.78 Å². The molecule has 0 spiro atoms. The van der Waals surface area contributed by atoms with Gasteiger partial charge in [-0.3, -0.25) is 4.79 Å². The highest BCUT2D eigenvalue weighted by atomic mass is 127. The minimum Gasteiger partial charge on any atom is -0.325 e. The third-order valence-corrected chi connectivity index (χ3v) is 2.48. The molecule has 0 aliphatic rings. The van der Waals surface area contributed by atoms with Gasteiger partial charge >= 0.3 is 0 Å². The molecule has 0 radical (unpaired) electrons. The van der Waals surface area contributed by atoms with Gasteiger partial charge in [0.05, 0.1) is 11.3 Å². The quantitative estimate of drug-likeness (QED) is 0.527. The summed E-state index contributed by atoms with van der Waals surface area (Å²) in [4.78, 5) is 14.4. The molecule has 3 nitrogen and oxygen atoms in total. The maximum Gasteiger partial charge on any atom is 0.264 e. The van der Waals surface area contributed by atoms with Crippen molar-refractivity contribution in [3.8, 4) is 0 Å². The Bertz CT molecular complexity index is 357. The van der Waals surface area contributed by atoms with Crippen molar-refractivity contribution < 1.29 is 13.6 Å². The Labute approximate surface area is 92.8 Å². The third kappa shape index (κ3) is 2.24. The molecule has 0 bridgehead atoms. The van der Waals surface area contributed by atoms with Gasteiger partial charge in [0.25, 0.3) is 6.43 Å². The van der Waals surface area contributed by atoms with E-state index in [1.54, 1.807) is 22.6 Å². The van der Waals surface area contributed by atoms with Crippen LogP contribution in [0.2, 0.25) is 0 Å². The lowest BCUT2D eigenvalue weighted by atomic mass is 10.1. The summed E-state index contributed by atoms with van der Waals surface area (Å²) >= 11 is 1.74. The molecule has 1 aromatic heterocycles. The molecule has 2 N–H and O–H groups in total. The number of rotatable bonds is 3. The zero-order valence-electron chi connectivity index (χ0n) is 7.01. The van der Waals surface area contributed by atoms with E-state index in [9.17, 15) is 13.6 Å². The highest BCUT2D eigenvalue weighted by Crippen LogP contribution is 2.25. The minimum absolute atomic E-state index is 0.0576. The molecule has 0 unspecified atom stereocenters. The third-order valence-electron chi connectivity index (χ3n) is 1.66. The second-order valence-electron chi connectivity index (χ2n) is 2.53. The topological polar surface area (TPSA) is 56.0 Å². The Morgan fingerprint density at radius 1 is 1.64 bits per heavy atom. The first kappa shape index (κ1) is 11.4. The lowest BCUT2D eigenvalue weighted by molar-refractivity contribution is 0.110. The number of carbonyl (C=O) groups excluding carboxylic acids is 1. The number of aromatic nitrogens is 1. The van der Waals surface area contributed by atoms with Crippen molar-refractivity contribution in [2.75, 3.05) is 0 Å². The Hall–Kier alpha value is -0.630. The van der Waals surface area contributed by atoms with Gasteiger partial charge in [0.15, 0.2) is 6.29 Å². The van der Waals surface area contributed by atoms with Crippen LogP contribution in [0.25, 0.3) is 0 Å². The van der Waals surface area contributed by atoms with Gasteiger partial charge in [0.1, 0.15) is 3.70 Å². The van der Waals surface area contributed by atoms with Gasteiger partial charge in [-0.15, -0.1) is 0 Å². The number of alkyl halides is 2. The summed E-state index contributed by atoms with van der Waals surface area (Å²) in [6, 6.07) is 1.16. The predicted octanol–water partition coefficient (Wildman–Crippen LogP) is 1.89. The van der Waals surface area contributed by atoms with Crippen LogP contribution < -0.4 is 5.73 Å². The standard InChI is InChI=1S/C8H7F2IN2O/c9-7(10)5-1-4(2-12)13-8(11)6(5)3-14/h1,3,7H,2,12H2. The van der Waals surface area contributed by atoms with Crippen LogP contribution in [0, 0.1) is 3.70 Å². The van der Waals surface area contributed by atoms with Crippen LogP contribution in [-0.2, 0) is 6.54 Å². The van der Waals surface area contributed by atoms with E-state index < -0.39 is 6.43 Å². The fraction of sp³-hybridized carbons (Fsp3) is 0.250. The Morgan fingerprint density at radius 3 is 2.71 bits per heavy atom. The Balaban J connectivity index is 3.35. The van der Waals surface area contributed by atoms with Crippen molar-refractivity contribution in [2.45, 2.75) is 13.0 Å². The SMILES string of the molecule is NCc1cc(C(F)F)c(C=O)c(I)n1. The van der Waals surface area contributed by atoms with Gasteiger partial charge in [-0.25, -0.2) is 13.8 Å². The van der Waals surface area contributed by atoms with E-state index in [0.29, 0.717) is 12.0 Å². The summed E-state index contributed by atoms with van der Waals surface area (Å²) in [6.45, 7) is 0.0782. The van der Waals surface area contributed by atoms with E-state index in [2.05, 4.69) is 4.98 Å². The largest absolute Gasteiger partial charge is 0.325 e. The fourth-order valence-electron chi connectivity index (χ4n) is 0.997. The van der Waals surface area contributed by atoms with Crippen LogP contribution in [0.3, 0.4) is 0 Å².